The van der Waals surface area contributed by atoms with Crippen LogP contribution in [-0.4, -0.2) is 61.5 Å². The van der Waals surface area contributed by atoms with E-state index >= 15 is 0 Å². The molecule has 3 N–H and O–H groups in total. The first-order valence-electron chi connectivity index (χ1n) is 13.5. The number of rotatable bonds is 15. The van der Waals surface area contributed by atoms with Crippen molar-refractivity contribution < 1.29 is 19.4 Å². The fourth-order valence-corrected chi connectivity index (χ4v) is 4.80. The van der Waals surface area contributed by atoms with E-state index in [9.17, 15) is 9.90 Å². The van der Waals surface area contributed by atoms with Gasteiger partial charge in [0.1, 0.15) is 19.3 Å². The van der Waals surface area contributed by atoms with Gasteiger partial charge < -0.3 is 30.1 Å². The lowest BCUT2D eigenvalue weighted by Gasteiger charge is -2.29. The number of fused-ring (bicyclic) bond motifs is 1. The minimum atomic E-state index is -0.824. The zero-order valence-corrected chi connectivity index (χ0v) is 21.0. The van der Waals surface area contributed by atoms with Crippen LogP contribution in [0.2, 0.25) is 0 Å². The molecular formula is C27H45N3O4. The van der Waals surface area contributed by atoms with Gasteiger partial charge in [0.25, 0.3) is 0 Å². The number of aliphatic hydroxyl groups is 1. The van der Waals surface area contributed by atoms with Gasteiger partial charge in [-0.2, -0.15) is 0 Å². The van der Waals surface area contributed by atoms with Gasteiger partial charge >= 0.3 is 6.03 Å². The lowest BCUT2D eigenvalue weighted by Crippen LogP contribution is -2.50. The molecular weight excluding hydrogens is 430 g/mol. The van der Waals surface area contributed by atoms with Crippen molar-refractivity contribution in [1.29, 1.82) is 0 Å². The molecule has 0 saturated carbocycles. The zero-order valence-electron chi connectivity index (χ0n) is 21.0. The molecule has 1 aromatic carbocycles. The van der Waals surface area contributed by atoms with Crippen molar-refractivity contribution >= 4 is 6.03 Å². The van der Waals surface area contributed by atoms with Crippen molar-refractivity contribution in [2.75, 3.05) is 39.4 Å². The Labute approximate surface area is 205 Å². The maximum atomic E-state index is 12.6. The van der Waals surface area contributed by atoms with E-state index in [-0.39, 0.29) is 6.03 Å². The molecule has 0 aromatic heterocycles. The molecule has 2 amide bonds. The van der Waals surface area contributed by atoms with Crippen molar-refractivity contribution in [3.05, 3.63) is 23.8 Å². The summed E-state index contributed by atoms with van der Waals surface area (Å²) in [4.78, 5) is 14.9. The van der Waals surface area contributed by atoms with Crippen LogP contribution in [0.5, 0.6) is 11.5 Å². The summed E-state index contributed by atoms with van der Waals surface area (Å²) in [6, 6.07) is 4.92. The van der Waals surface area contributed by atoms with E-state index in [4.69, 9.17) is 9.47 Å². The molecule has 1 saturated heterocycles. The fourth-order valence-electron chi connectivity index (χ4n) is 4.80. The summed E-state index contributed by atoms with van der Waals surface area (Å²) in [6.45, 7) is 6.59. The highest BCUT2D eigenvalue weighted by Crippen LogP contribution is 2.33. The molecule has 0 aliphatic carbocycles. The van der Waals surface area contributed by atoms with Gasteiger partial charge in [0.2, 0.25) is 0 Å². The highest BCUT2D eigenvalue weighted by atomic mass is 16.6. The Bertz CT molecular complexity index is 724. The number of likely N-dealkylation sites (tertiary alicyclic amines) is 1. The fraction of sp³-hybridized carbons (Fsp3) is 0.741. The Balaban J connectivity index is 1.43. The zero-order chi connectivity index (χ0) is 24.0. The van der Waals surface area contributed by atoms with Crippen molar-refractivity contribution in [2.24, 2.45) is 0 Å². The predicted octanol–water partition coefficient (Wildman–Crippen LogP) is 4.79. The number of unbranched alkanes of at least 4 members (excludes halogenated alkanes) is 8. The Morgan fingerprint density at radius 3 is 2.32 bits per heavy atom. The Morgan fingerprint density at radius 1 is 0.971 bits per heavy atom. The van der Waals surface area contributed by atoms with E-state index in [0.717, 1.165) is 44.3 Å². The standard InChI is InChI=1S/C27H45N3O4/c1-2-3-4-5-6-7-8-9-10-15-28-27(32)29-23(21-30-16-11-12-17-30)26(31)22-13-14-24-25(20-22)34-19-18-33-24/h13-14,20,23,26,31H,2-12,15-19,21H2,1H3,(H2,28,29,32)/t23-,26-/m1/s1. The Kier molecular flexibility index (Phi) is 11.8. The maximum absolute atomic E-state index is 12.6. The monoisotopic (exact) mass is 475 g/mol. The van der Waals surface area contributed by atoms with Crippen LogP contribution < -0.4 is 20.1 Å². The van der Waals surface area contributed by atoms with Gasteiger partial charge in [-0.3, -0.25) is 0 Å². The van der Waals surface area contributed by atoms with Crippen LogP contribution in [0, 0.1) is 0 Å². The summed E-state index contributed by atoms with van der Waals surface area (Å²) in [5, 5.41) is 17.2. The molecule has 2 atom stereocenters. The van der Waals surface area contributed by atoms with Crippen LogP contribution in [0.15, 0.2) is 18.2 Å². The van der Waals surface area contributed by atoms with Crippen LogP contribution in [0.1, 0.15) is 89.2 Å². The number of carbonyl (C=O) groups excluding carboxylic acids is 1. The average molecular weight is 476 g/mol. The number of hydrogen-bond acceptors (Lipinski definition) is 5. The molecule has 3 rings (SSSR count). The van der Waals surface area contributed by atoms with Gasteiger partial charge in [0, 0.05) is 13.1 Å². The van der Waals surface area contributed by atoms with Crippen molar-refractivity contribution in [1.82, 2.24) is 15.5 Å². The van der Waals surface area contributed by atoms with E-state index < -0.39 is 12.1 Å². The maximum Gasteiger partial charge on any atom is 0.315 e. The van der Waals surface area contributed by atoms with Crippen LogP contribution in [0.3, 0.4) is 0 Å². The quantitative estimate of drug-likeness (QED) is 0.318. The molecule has 1 fully saturated rings. The second kappa shape index (κ2) is 15.1. The van der Waals surface area contributed by atoms with Crippen molar-refractivity contribution in [3.8, 4) is 11.5 Å². The third kappa shape index (κ3) is 8.99. The molecule has 0 unspecified atom stereocenters. The molecule has 2 heterocycles. The van der Waals surface area contributed by atoms with Crippen molar-refractivity contribution in [2.45, 2.75) is 89.7 Å². The highest BCUT2D eigenvalue weighted by molar-refractivity contribution is 5.74. The number of benzene rings is 1. The van der Waals surface area contributed by atoms with Gasteiger partial charge in [-0.15, -0.1) is 0 Å². The second-order valence-corrected chi connectivity index (χ2v) is 9.69. The number of nitrogens with zero attached hydrogens (tertiary/aromatic N) is 1. The van der Waals surface area contributed by atoms with E-state index in [1.807, 2.05) is 18.2 Å². The van der Waals surface area contributed by atoms with Gasteiger partial charge in [-0.25, -0.2) is 4.79 Å². The predicted molar refractivity (Wildman–Crippen MR) is 136 cm³/mol. The van der Waals surface area contributed by atoms with E-state index in [0.29, 0.717) is 37.8 Å². The molecule has 34 heavy (non-hydrogen) atoms. The molecule has 7 nitrogen and oxygen atoms in total. The van der Waals surface area contributed by atoms with Gasteiger partial charge in [0.05, 0.1) is 6.04 Å². The van der Waals surface area contributed by atoms with Crippen LogP contribution in [0.25, 0.3) is 0 Å². The third-order valence-corrected chi connectivity index (χ3v) is 6.82. The minimum absolute atomic E-state index is 0.208. The summed E-state index contributed by atoms with van der Waals surface area (Å²) >= 11 is 0. The number of hydrogen-bond donors (Lipinski definition) is 3. The molecule has 1 aromatic rings. The number of ether oxygens (including phenoxy) is 2. The van der Waals surface area contributed by atoms with Crippen LogP contribution in [-0.2, 0) is 0 Å². The van der Waals surface area contributed by atoms with Gasteiger partial charge in [-0.1, -0.05) is 64.4 Å². The first-order chi connectivity index (χ1) is 16.7. The summed E-state index contributed by atoms with van der Waals surface area (Å²) in [6.07, 6.45) is 12.8. The molecule has 0 bridgehead atoms. The van der Waals surface area contributed by atoms with Gasteiger partial charge in [0.15, 0.2) is 11.5 Å². The van der Waals surface area contributed by atoms with Gasteiger partial charge in [-0.05, 0) is 50.0 Å². The van der Waals surface area contributed by atoms with E-state index in [1.165, 1.54) is 44.9 Å². The van der Waals surface area contributed by atoms with E-state index in [1.54, 1.807) is 0 Å². The Morgan fingerprint density at radius 2 is 1.62 bits per heavy atom. The highest BCUT2D eigenvalue weighted by Gasteiger charge is 2.27. The smallest absolute Gasteiger partial charge is 0.315 e. The summed E-state index contributed by atoms with van der Waals surface area (Å²) < 4.78 is 11.3. The average Bonchev–Trinajstić information content (AvgIpc) is 3.37. The lowest BCUT2D eigenvalue weighted by molar-refractivity contribution is 0.108. The molecule has 0 spiro atoms. The summed E-state index contributed by atoms with van der Waals surface area (Å²) in [5.74, 6) is 1.35. The summed E-state index contributed by atoms with van der Waals surface area (Å²) in [5.41, 5.74) is 0.729. The first-order valence-corrected chi connectivity index (χ1v) is 13.5. The summed E-state index contributed by atoms with van der Waals surface area (Å²) in [7, 11) is 0. The molecule has 192 valence electrons. The molecule has 0 radical (unpaired) electrons. The van der Waals surface area contributed by atoms with Crippen LogP contribution >= 0.6 is 0 Å². The SMILES string of the molecule is CCCCCCCCCCCNC(=O)N[C@H](CN1CCCC1)[C@H](O)c1ccc2c(c1)OCCO2. The van der Waals surface area contributed by atoms with E-state index in [2.05, 4.69) is 22.5 Å². The lowest BCUT2D eigenvalue weighted by atomic mass is 10.0. The third-order valence-electron chi connectivity index (χ3n) is 6.82. The Hall–Kier alpha value is -1.99. The number of amides is 2. The number of urea groups is 1. The molecule has 2 aliphatic rings. The number of carbonyl (C=O) groups is 1. The largest absolute Gasteiger partial charge is 0.486 e. The normalized spacial score (nSPS) is 17.4. The number of aliphatic hydroxyl groups excluding tert-OH is 1. The molecule has 2 aliphatic heterocycles. The van der Waals surface area contributed by atoms with Crippen LogP contribution in [0.4, 0.5) is 4.79 Å². The molecule has 7 heteroatoms. The minimum Gasteiger partial charge on any atom is -0.486 e. The second-order valence-electron chi connectivity index (χ2n) is 9.69. The number of nitrogens with one attached hydrogen (secondary N) is 2. The first kappa shape index (κ1) is 26.6. The van der Waals surface area contributed by atoms with Crippen molar-refractivity contribution in [3.63, 3.8) is 0 Å². The topological polar surface area (TPSA) is 83.1 Å².